The molecule has 0 fully saturated rings. The number of rotatable bonds is 6. The molecule has 0 unspecified atom stereocenters. The summed E-state index contributed by atoms with van der Waals surface area (Å²) in [7, 11) is 0. The number of carbonyl (C=O) groups is 2. The summed E-state index contributed by atoms with van der Waals surface area (Å²) in [5.74, 6) is -0.441. The summed E-state index contributed by atoms with van der Waals surface area (Å²) in [4.78, 5) is 23.9. The Hall–Kier alpha value is -2.18. The summed E-state index contributed by atoms with van der Waals surface area (Å²) in [6, 6.07) is 10.8. The van der Waals surface area contributed by atoms with Gasteiger partial charge in [0.25, 0.3) is 0 Å². The van der Waals surface area contributed by atoms with Gasteiger partial charge in [-0.3, -0.25) is 15.4 Å². The summed E-state index contributed by atoms with van der Waals surface area (Å²) < 4.78 is 0. The molecule has 6 heteroatoms. The molecule has 23 heavy (non-hydrogen) atoms. The topological polar surface area (TPSA) is 84.2 Å². The van der Waals surface area contributed by atoms with Crippen molar-refractivity contribution < 1.29 is 9.59 Å². The highest BCUT2D eigenvalue weighted by molar-refractivity contribution is 7.10. The van der Waals surface area contributed by atoms with Crippen molar-refractivity contribution in [1.29, 1.82) is 0 Å². The van der Waals surface area contributed by atoms with E-state index >= 15 is 0 Å². The van der Waals surface area contributed by atoms with Crippen molar-refractivity contribution in [1.82, 2.24) is 10.6 Å². The van der Waals surface area contributed by atoms with Crippen LogP contribution in [0.5, 0.6) is 0 Å². The molecule has 0 aliphatic rings. The first-order chi connectivity index (χ1) is 11.0. The minimum Gasteiger partial charge on any atom is -0.351 e. The van der Waals surface area contributed by atoms with Gasteiger partial charge in [0.15, 0.2) is 0 Å². The highest BCUT2D eigenvalue weighted by atomic mass is 32.1. The molecule has 0 aliphatic heterocycles. The molecule has 2 rings (SSSR count). The standard InChI is InChI=1S/C17H21N3O2S/c1-3-12-6-8-13(9-7-12)15(14-5-4-10-23-14)19-11(2)16(21)20-17(18)22/h4-11,15,19H,3H2,1-2H3,(H3,18,20,21,22)/t11-,15-/m1/s1. The number of imide groups is 1. The monoisotopic (exact) mass is 331 g/mol. The van der Waals surface area contributed by atoms with Gasteiger partial charge in [-0.05, 0) is 35.9 Å². The average Bonchev–Trinajstić information content (AvgIpc) is 3.06. The van der Waals surface area contributed by atoms with E-state index in [0.717, 1.165) is 16.9 Å². The van der Waals surface area contributed by atoms with Crippen LogP contribution in [-0.4, -0.2) is 18.0 Å². The molecule has 4 N–H and O–H groups in total. The third-order valence-electron chi connectivity index (χ3n) is 3.61. The third-order valence-corrected chi connectivity index (χ3v) is 4.54. The van der Waals surface area contributed by atoms with Crippen LogP contribution in [0, 0.1) is 0 Å². The van der Waals surface area contributed by atoms with E-state index in [1.54, 1.807) is 18.3 Å². The summed E-state index contributed by atoms with van der Waals surface area (Å²) in [6.07, 6.45) is 0.981. The van der Waals surface area contributed by atoms with Gasteiger partial charge in [0.05, 0.1) is 12.1 Å². The molecule has 1 aromatic heterocycles. The van der Waals surface area contributed by atoms with Gasteiger partial charge >= 0.3 is 6.03 Å². The summed E-state index contributed by atoms with van der Waals surface area (Å²) in [5.41, 5.74) is 7.34. The van der Waals surface area contributed by atoms with Gasteiger partial charge < -0.3 is 5.73 Å². The van der Waals surface area contributed by atoms with Crippen LogP contribution in [0.2, 0.25) is 0 Å². The summed E-state index contributed by atoms with van der Waals surface area (Å²) >= 11 is 1.62. The number of nitrogens with one attached hydrogen (secondary N) is 2. The molecular formula is C17H21N3O2S. The predicted octanol–water partition coefficient (Wildman–Crippen LogP) is 2.57. The highest BCUT2D eigenvalue weighted by Gasteiger charge is 2.22. The number of thiophene rings is 1. The number of nitrogens with two attached hydrogens (primary N) is 1. The summed E-state index contributed by atoms with van der Waals surface area (Å²) in [5, 5.41) is 7.37. The number of aryl methyl sites for hydroxylation is 1. The van der Waals surface area contributed by atoms with Crippen molar-refractivity contribution in [2.45, 2.75) is 32.4 Å². The first-order valence-electron chi connectivity index (χ1n) is 7.49. The van der Waals surface area contributed by atoms with Crippen LogP contribution >= 0.6 is 11.3 Å². The Kier molecular flexibility index (Phi) is 5.90. The van der Waals surface area contributed by atoms with Gasteiger partial charge in [-0.15, -0.1) is 11.3 Å². The van der Waals surface area contributed by atoms with Gasteiger partial charge in [-0.2, -0.15) is 0 Å². The maximum Gasteiger partial charge on any atom is 0.318 e. The maximum absolute atomic E-state index is 11.9. The number of amides is 3. The summed E-state index contributed by atoms with van der Waals surface area (Å²) in [6.45, 7) is 3.82. The maximum atomic E-state index is 11.9. The molecule has 0 saturated carbocycles. The number of carbonyl (C=O) groups excluding carboxylic acids is 2. The second-order valence-electron chi connectivity index (χ2n) is 5.29. The van der Waals surface area contributed by atoms with Crippen LogP contribution in [0.1, 0.15) is 35.9 Å². The molecule has 3 amide bonds. The van der Waals surface area contributed by atoms with Crippen LogP contribution in [0.25, 0.3) is 0 Å². The van der Waals surface area contributed by atoms with Crippen LogP contribution in [0.4, 0.5) is 4.79 Å². The number of hydrogen-bond acceptors (Lipinski definition) is 4. The molecule has 1 heterocycles. The van der Waals surface area contributed by atoms with E-state index in [0.29, 0.717) is 0 Å². The van der Waals surface area contributed by atoms with E-state index in [-0.39, 0.29) is 6.04 Å². The van der Waals surface area contributed by atoms with E-state index in [9.17, 15) is 9.59 Å². The normalized spacial score (nSPS) is 13.3. The second-order valence-corrected chi connectivity index (χ2v) is 6.26. The largest absolute Gasteiger partial charge is 0.351 e. The molecule has 2 aromatic rings. The quantitative estimate of drug-likeness (QED) is 0.760. The van der Waals surface area contributed by atoms with E-state index in [2.05, 4.69) is 41.8 Å². The average molecular weight is 331 g/mol. The number of urea groups is 1. The predicted molar refractivity (Wildman–Crippen MR) is 92.3 cm³/mol. The van der Waals surface area contributed by atoms with Crippen molar-refractivity contribution in [2.75, 3.05) is 0 Å². The van der Waals surface area contributed by atoms with E-state index in [4.69, 9.17) is 5.73 Å². The van der Waals surface area contributed by atoms with Crippen LogP contribution in [0.15, 0.2) is 41.8 Å². The smallest absolute Gasteiger partial charge is 0.318 e. The fourth-order valence-corrected chi connectivity index (χ4v) is 3.11. The van der Waals surface area contributed by atoms with E-state index < -0.39 is 18.0 Å². The van der Waals surface area contributed by atoms with E-state index in [1.807, 2.05) is 17.5 Å². The molecule has 0 radical (unpaired) electrons. The SMILES string of the molecule is CCc1ccc([C@@H](N[C@H](C)C(=O)NC(N)=O)c2cccs2)cc1. The lowest BCUT2D eigenvalue weighted by molar-refractivity contribution is -0.121. The zero-order valence-electron chi connectivity index (χ0n) is 13.2. The molecule has 0 bridgehead atoms. The Morgan fingerprint density at radius 3 is 2.43 bits per heavy atom. The lowest BCUT2D eigenvalue weighted by Crippen LogP contribution is -2.47. The fraction of sp³-hybridized carbons (Fsp3) is 0.294. The van der Waals surface area contributed by atoms with Gasteiger partial charge in [0.1, 0.15) is 0 Å². The number of primary amides is 1. The van der Waals surface area contributed by atoms with Crippen molar-refractivity contribution in [3.8, 4) is 0 Å². The van der Waals surface area contributed by atoms with Gasteiger partial charge in [0, 0.05) is 4.88 Å². The Labute approximate surface area is 139 Å². The van der Waals surface area contributed by atoms with Crippen LogP contribution < -0.4 is 16.4 Å². The zero-order chi connectivity index (χ0) is 16.8. The van der Waals surface area contributed by atoms with Crippen LogP contribution in [-0.2, 0) is 11.2 Å². The van der Waals surface area contributed by atoms with Gasteiger partial charge in [-0.25, -0.2) is 4.79 Å². The van der Waals surface area contributed by atoms with Crippen LogP contribution in [0.3, 0.4) is 0 Å². The molecule has 122 valence electrons. The van der Waals surface area contributed by atoms with Crippen molar-refractivity contribution in [2.24, 2.45) is 5.73 Å². The van der Waals surface area contributed by atoms with Gasteiger partial charge in [-0.1, -0.05) is 37.3 Å². The van der Waals surface area contributed by atoms with Crippen molar-refractivity contribution in [3.63, 3.8) is 0 Å². The Balaban J connectivity index is 2.21. The molecule has 5 nitrogen and oxygen atoms in total. The highest BCUT2D eigenvalue weighted by Crippen LogP contribution is 2.27. The minimum absolute atomic E-state index is 0.116. The number of benzene rings is 1. The molecule has 0 aliphatic carbocycles. The Morgan fingerprint density at radius 2 is 1.91 bits per heavy atom. The fourth-order valence-electron chi connectivity index (χ4n) is 2.30. The second kappa shape index (κ2) is 7.89. The first-order valence-corrected chi connectivity index (χ1v) is 8.37. The minimum atomic E-state index is -0.844. The Morgan fingerprint density at radius 1 is 1.22 bits per heavy atom. The van der Waals surface area contributed by atoms with Crippen molar-refractivity contribution >= 4 is 23.3 Å². The van der Waals surface area contributed by atoms with Crippen molar-refractivity contribution in [3.05, 3.63) is 57.8 Å². The molecule has 2 atom stereocenters. The lowest BCUT2D eigenvalue weighted by Gasteiger charge is -2.22. The first kappa shape index (κ1) is 17.2. The molecule has 1 aromatic carbocycles. The molecule has 0 spiro atoms. The lowest BCUT2D eigenvalue weighted by atomic mass is 10.0. The van der Waals surface area contributed by atoms with E-state index in [1.165, 1.54) is 5.56 Å². The number of hydrogen-bond donors (Lipinski definition) is 3. The Bertz CT molecular complexity index is 653. The third kappa shape index (κ3) is 4.64. The van der Waals surface area contributed by atoms with Gasteiger partial charge in [0.2, 0.25) is 5.91 Å². The molecular weight excluding hydrogens is 310 g/mol. The molecule has 0 saturated heterocycles. The zero-order valence-corrected chi connectivity index (χ0v) is 14.0.